The fraction of sp³-hybridized carbons (Fsp3) is 0.700. The maximum atomic E-state index is 12.3. The summed E-state index contributed by atoms with van der Waals surface area (Å²) in [5.74, 6) is -4.34. The van der Waals surface area contributed by atoms with Gasteiger partial charge in [-0.25, -0.2) is 4.79 Å². The molecule has 0 bridgehead atoms. The molecular weight excluding hydrogens is 478 g/mol. The average molecular weight is 518 g/mol. The van der Waals surface area contributed by atoms with E-state index in [2.05, 4.69) is 26.3 Å². The summed E-state index contributed by atoms with van der Waals surface area (Å²) < 4.78 is 0. The van der Waals surface area contributed by atoms with E-state index in [9.17, 15) is 34.2 Å². The molecule has 206 valence electrons. The normalized spacial score (nSPS) is 13.9. The Morgan fingerprint density at radius 1 is 0.889 bits per heavy atom. The van der Waals surface area contributed by atoms with E-state index in [1.807, 2.05) is 0 Å². The van der Waals surface area contributed by atoms with Gasteiger partial charge in [-0.3, -0.25) is 24.2 Å². The zero-order valence-corrected chi connectivity index (χ0v) is 20.4. The minimum Gasteiger partial charge on any atom is -0.480 e. The monoisotopic (exact) mass is 517 g/mol. The zero-order chi connectivity index (χ0) is 27.7. The molecule has 0 spiro atoms. The number of rotatable bonds is 18. The second-order valence-corrected chi connectivity index (χ2v) is 7.99. The van der Waals surface area contributed by atoms with Crippen LogP contribution in [0, 0.1) is 0 Å². The number of aliphatic imine (C=N–C) groups is 1. The summed E-state index contributed by atoms with van der Waals surface area (Å²) in [6, 6.07) is -4.57. The molecule has 0 heterocycles. The first-order chi connectivity index (χ1) is 16.9. The minimum absolute atomic E-state index is 0.0794. The highest BCUT2D eigenvalue weighted by Gasteiger charge is 2.26. The van der Waals surface area contributed by atoms with Gasteiger partial charge in [0.1, 0.15) is 18.1 Å². The fourth-order valence-electron chi connectivity index (χ4n) is 2.81. The van der Waals surface area contributed by atoms with Gasteiger partial charge in [0, 0.05) is 6.54 Å². The van der Waals surface area contributed by atoms with Gasteiger partial charge in [0.15, 0.2) is 5.96 Å². The van der Waals surface area contributed by atoms with Crippen LogP contribution in [0.1, 0.15) is 39.0 Å². The summed E-state index contributed by atoms with van der Waals surface area (Å²) in [6.45, 7) is 0.667. The van der Waals surface area contributed by atoms with Crippen LogP contribution in [0.25, 0.3) is 0 Å². The first-order valence-corrected chi connectivity index (χ1v) is 11.4. The highest BCUT2D eigenvalue weighted by atomic mass is 16.4. The zero-order valence-electron chi connectivity index (χ0n) is 20.4. The van der Waals surface area contributed by atoms with E-state index >= 15 is 0 Å². The number of carbonyl (C=O) groups excluding carboxylic acids is 4. The minimum atomic E-state index is -1.42. The summed E-state index contributed by atoms with van der Waals surface area (Å²) in [6.07, 6.45) is 1.96. The number of hydrogen-bond acceptors (Lipinski definition) is 9. The van der Waals surface area contributed by atoms with Crippen LogP contribution in [0.2, 0.25) is 0 Å². The van der Waals surface area contributed by atoms with Crippen molar-refractivity contribution in [2.75, 3.05) is 26.2 Å². The second-order valence-electron chi connectivity index (χ2n) is 7.99. The van der Waals surface area contributed by atoms with Gasteiger partial charge in [-0.15, -0.1) is 0 Å². The van der Waals surface area contributed by atoms with Gasteiger partial charge in [0.25, 0.3) is 0 Å². The van der Waals surface area contributed by atoms with Crippen LogP contribution in [0.4, 0.5) is 0 Å². The molecule has 14 N–H and O–H groups in total. The van der Waals surface area contributed by atoms with E-state index in [1.165, 1.54) is 6.92 Å². The van der Waals surface area contributed by atoms with Gasteiger partial charge in [-0.2, -0.15) is 0 Å². The summed E-state index contributed by atoms with van der Waals surface area (Å²) in [4.78, 5) is 63.8. The molecule has 4 atom stereocenters. The molecule has 0 aromatic carbocycles. The van der Waals surface area contributed by atoms with Crippen molar-refractivity contribution < 1.29 is 34.2 Å². The summed E-state index contributed by atoms with van der Waals surface area (Å²) in [5.41, 5.74) is 21.6. The molecule has 0 radical (unpaired) electrons. The van der Waals surface area contributed by atoms with Crippen molar-refractivity contribution >= 4 is 35.6 Å². The van der Waals surface area contributed by atoms with Crippen LogP contribution in [0.15, 0.2) is 4.99 Å². The molecule has 16 heteroatoms. The van der Waals surface area contributed by atoms with Crippen molar-refractivity contribution in [1.82, 2.24) is 21.3 Å². The van der Waals surface area contributed by atoms with Crippen LogP contribution in [0.3, 0.4) is 0 Å². The van der Waals surface area contributed by atoms with Gasteiger partial charge < -0.3 is 54.4 Å². The first-order valence-electron chi connectivity index (χ1n) is 11.4. The van der Waals surface area contributed by atoms with Gasteiger partial charge >= 0.3 is 5.97 Å². The Morgan fingerprint density at radius 2 is 1.56 bits per heavy atom. The standard InChI is InChI=1S/C20H39N9O7/c1-11(27-17(33)12(22)5-4-8-25-20(23)24)16(32)29-14(10-30)18(34)26-9-15(31)28-13(19(35)36)6-2-3-7-21/h11-14,30H,2-10,21-22H2,1H3,(H,26,34)(H,27,33)(H,28,31)(H,29,32)(H,35,36)(H4,23,24,25). The topological polar surface area (TPSA) is 290 Å². The molecule has 0 fully saturated rings. The van der Waals surface area contributed by atoms with Crippen LogP contribution >= 0.6 is 0 Å². The summed E-state index contributed by atoms with van der Waals surface area (Å²) in [5, 5.41) is 27.8. The van der Waals surface area contributed by atoms with E-state index < -0.39 is 66.9 Å². The second kappa shape index (κ2) is 17.9. The molecule has 0 aromatic heterocycles. The molecule has 0 saturated carbocycles. The van der Waals surface area contributed by atoms with Crippen molar-refractivity contribution in [1.29, 1.82) is 0 Å². The Bertz CT molecular complexity index is 775. The van der Waals surface area contributed by atoms with Gasteiger partial charge in [0.2, 0.25) is 23.6 Å². The fourth-order valence-corrected chi connectivity index (χ4v) is 2.81. The number of aliphatic hydroxyl groups is 1. The van der Waals surface area contributed by atoms with E-state index in [0.29, 0.717) is 25.8 Å². The number of aliphatic hydroxyl groups excluding tert-OH is 1. The van der Waals surface area contributed by atoms with Gasteiger partial charge in [-0.05, 0) is 45.6 Å². The Hall–Kier alpha value is -3.50. The van der Waals surface area contributed by atoms with Crippen molar-refractivity contribution in [3.8, 4) is 0 Å². The Kier molecular flexibility index (Phi) is 16.1. The number of nitrogens with one attached hydrogen (secondary N) is 4. The number of nitrogens with two attached hydrogens (primary N) is 4. The lowest BCUT2D eigenvalue weighted by molar-refractivity contribution is -0.142. The number of amides is 4. The highest BCUT2D eigenvalue weighted by molar-refractivity contribution is 5.94. The smallest absolute Gasteiger partial charge is 0.326 e. The van der Waals surface area contributed by atoms with Crippen LogP contribution < -0.4 is 44.2 Å². The lowest BCUT2D eigenvalue weighted by Crippen LogP contribution is -2.56. The summed E-state index contributed by atoms with van der Waals surface area (Å²) >= 11 is 0. The average Bonchev–Trinajstić information content (AvgIpc) is 2.82. The number of carboxylic acids is 1. The molecule has 0 aliphatic carbocycles. The van der Waals surface area contributed by atoms with Crippen LogP contribution in [-0.2, 0) is 24.0 Å². The third-order valence-electron chi connectivity index (χ3n) is 4.88. The SMILES string of the molecule is CC(NC(=O)C(N)CCCN=C(N)N)C(=O)NC(CO)C(=O)NCC(=O)NC(CCCCN)C(=O)O. The molecule has 0 rings (SSSR count). The molecule has 36 heavy (non-hydrogen) atoms. The Balaban J connectivity index is 4.62. The number of unbranched alkanes of at least 4 members (excludes halogenated alkanes) is 1. The van der Waals surface area contributed by atoms with E-state index in [0.717, 1.165) is 0 Å². The lowest BCUT2D eigenvalue weighted by atomic mass is 10.1. The highest BCUT2D eigenvalue weighted by Crippen LogP contribution is 2.01. The molecule has 0 aliphatic rings. The molecule has 0 saturated heterocycles. The molecule has 16 nitrogen and oxygen atoms in total. The maximum absolute atomic E-state index is 12.3. The number of nitrogens with zero attached hydrogens (tertiary/aromatic N) is 1. The van der Waals surface area contributed by atoms with Crippen molar-refractivity contribution in [3.63, 3.8) is 0 Å². The number of aliphatic carboxylic acids is 1. The molecule has 4 amide bonds. The van der Waals surface area contributed by atoms with Gasteiger partial charge in [0.05, 0.1) is 19.2 Å². The third kappa shape index (κ3) is 14.0. The molecule has 0 aliphatic heterocycles. The third-order valence-corrected chi connectivity index (χ3v) is 4.88. The number of carboxylic acid groups (broad SMARTS) is 1. The van der Waals surface area contributed by atoms with E-state index in [-0.39, 0.29) is 25.3 Å². The lowest BCUT2D eigenvalue weighted by Gasteiger charge is -2.21. The van der Waals surface area contributed by atoms with Crippen LogP contribution in [-0.4, -0.2) is 96.2 Å². The predicted octanol–water partition coefficient (Wildman–Crippen LogP) is -4.84. The molecular formula is C20H39N9O7. The quantitative estimate of drug-likeness (QED) is 0.0467. The van der Waals surface area contributed by atoms with Gasteiger partial charge in [-0.1, -0.05) is 0 Å². The number of hydrogen-bond donors (Lipinski definition) is 10. The molecule has 0 aromatic rings. The van der Waals surface area contributed by atoms with Crippen LogP contribution in [0.5, 0.6) is 0 Å². The predicted molar refractivity (Wildman–Crippen MR) is 130 cm³/mol. The van der Waals surface area contributed by atoms with E-state index in [1.54, 1.807) is 0 Å². The Labute approximate surface area is 209 Å². The number of guanidine groups is 1. The Morgan fingerprint density at radius 3 is 2.11 bits per heavy atom. The van der Waals surface area contributed by atoms with E-state index in [4.69, 9.17) is 22.9 Å². The maximum Gasteiger partial charge on any atom is 0.326 e. The number of carbonyl (C=O) groups is 5. The van der Waals surface area contributed by atoms with Crippen molar-refractivity contribution in [3.05, 3.63) is 0 Å². The first kappa shape index (κ1) is 32.5. The molecule has 4 unspecified atom stereocenters. The van der Waals surface area contributed by atoms with Crippen molar-refractivity contribution in [2.45, 2.75) is 63.2 Å². The van der Waals surface area contributed by atoms with Crippen molar-refractivity contribution in [2.24, 2.45) is 27.9 Å². The largest absolute Gasteiger partial charge is 0.480 e. The summed E-state index contributed by atoms with van der Waals surface area (Å²) in [7, 11) is 0.